The van der Waals surface area contributed by atoms with Gasteiger partial charge in [0.2, 0.25) is 10.0 Å². The molecule has 1 aromatic carbocycles. The number of pyridine rings is 1. The van der Waals surface area contributed by atoms with Crippen LogP contribution in [0.3, 0.4) is 0 Å². The summed E-state index contributed by atoms with van der Waals surface area (Å²) in [5.74, 6) is 0. The van der Waals surface area contributed by atoms with E-state index in [1.807, 2.05) is 12.1 Å². The quantitative estimate of drug-likeness (QED) is 0.796. The lowest BCUT2D eigenvalue weighted by molar-refractivity contribution is 0.181. The number of nitrogens with zero attached hydrogens (tertiary/aromatic N) is 3. The van der Waals surface area contributed by atoms with Crippen LogP contribution in [-0.2, 0) is 16.6 Å². The third-order valence-corrected chi connectivity index (χ3v) is 6.38. The zero-order valence-corrected chi connectivity index (χ0v) is 15.0. The maximum Gasteiger partial charge on any atom is 0.243 e. The van der Waals surface area contributed by atoms with Crippen molar-refractivity contribution in [3.05, 3.63) is 58.8 Å². The number of aromatic nitrogens is 1. The lowest BCUT2D eigenvalue weighted by Gasteiger charge is -2.34. The van der Waals surface area contributed by atoms with Crippen LogP contribution in [0.1, 0.15) is 5.56 Å². The minimum absolute atomic E-state index is 0.350. The van der Waals surface area contributed by atoms with Gasteiger partial charge < -0.3 is 0 Å². The molecule has 1 fully saturated rings. The first kappa shape index (κ1) is 16.6. The van der Waals surface area contributed by atoms with Crippen molar-refractivity contribution in [2.45, 2.75) is 11.4 Å². The van der Waals surface area contributed by atoms with Gasteiger partial charge in [0.25, 0.3) is 0 Å². The second kappa shape index (κ2) is 7.09. The van der Waals surface area contributed by atoms with Gasteiger partial charge in [-0.2, -0.15) is 4.31 Å². The Labute approximate surface area is 145 Å². The molecule has 1 aliphatic heterocycles. The van der Waals surface area contributed by atoms with Gasteiger partial charge in [0, 0.05) is 49.6 Å². The van der Waals surface area contributed by atoms with E-state index in [0.717, 1.165) is 24.1 Å². The van der Waals surface area contributed by atoms with Gasteiger partial charge in [0.15, 0.2) is 0 Å². The van der Waals surface area contributed by atoms with Crippen molar-refractivity contribution in [1.82, 2.24) is 14.2 Å². The maximum atomic E-state index is 12.6. The summed E-state index contributed by atoms with van der Waals surface area (Å²) in [5, 5.41) is 0. The Kier molecular flexibility index (Phi) is 5.11. The third-order valence-electron chi connectivity index (χ3n) is 3.94. The molecule has 0 aliphatic carbocycles. The standard InChI is InChI=1S/C16H18BrN3O2S/c17-15-1-3-16(4-2-15)23(21,22)20-11-9-19(10-12-20)13-14-5-7-18-8-6-14/h1-8H,9-13H2. The molecule has 5 nitrogen and oxygen atoms in total. The molecule has 0 N–H and O–H groups in total. The van der Waals surface area contributed by atoms with E-state index in [2.05, 4.69) is 25.8 Å². The summed E-state index contributed by atoms with van der Waals surface area (Å²) in [5.41, 5.74) is 1.20. The van der Waals surface area contributed by atoms with Crippen LogP contribution in [0, 0.1) is 0 Å². The third kappa shape index (κ3) is 3.98. The molecule has 7 heteroatoms. The molecule has 0 atom stereocenters. The van der Waals surface area contributed by atoms with Gasteiger partial charge in [-0.25, -0.2) is 8.42 Å². The smallest absolute Gasteiger partial charge is 0.243 e. The van der Waals surface area contributed by atoms with Crippen molar-refractivity contribution in [1.29, 1.82) is 0 Å². The summed E-state index contributed by atoms with van der Waals surface area (Å²) in [6, 6.07) is 10.8. The predicted octanol–water partition coefficient (Wildman–Crippen LogP) is 2.35. The minimum Gasteiger partial charge on any atom is -0.296 e. The number of hydrogen-bond acceptors (Lipinski definition) is 4. The van der Waals surface area contributed by atoms with Crippen molar-refractivity contribution in [3.63, 3.8) is 0 Å². The SMILES string of the molecule is O=S(=O)(c1ccc(Br)cc1)N1CCN(Cc2ccncc2)CC1. The summed E-state index contributed by atoms with van der Waals surface area (Å²) in [4.78, 5) is 6.63. The zero-order chi connectivity index (χ0) is 16.3. The molecule has 0 spiro atoms. The molecule has 0 saturated carbocycles. The van der Waals surface area contributed by atoms with E-state index in [9.17, 15) is 8.42 Å². The molecular formula is C16H18BrN3O2S. The van der Waals surface area contributed by atoms with Crippen LogP contribution in [0.25, 0.3) is 0 Å². The molecule has 0 unspecified atom stereocenters. The van der Waals surface area contributed by atoms with E-state index in [0.29, 0.717) is 18.0 Å². The molecule has 1 saturated heterocycles. The Bertz CT molecular complexity index is 743. The van der Waals surface area contributed by atoms with E-state index >= 15 is 0 Å². The molecular weight excluding hydrogens is 378 g/mol. The van der Waals surface area contributed by atoms with Crippen molar-refractivity contribution in [2.75, 3.05) is 26.2 Å². The molecule has 1 aliphatic rings. The topological polar surface area (TPSA) is 53.5 Å². The number of halogens is 1. The van der Waals surface area contributed by atoms with Crippen molar-refractivity contribution < 1.29 is 8.42 Å². The van der Waals surface area contributed by atoms with E-state index in [-0.39, 0.29) is 0 Å². The minimum atomic E-state index is -3.40. The molecule has 23 heavy (non-hydrogen) atoms. The van der Waals surface area contributed by atoms with Gasteiger partial charge in [-0.1, -0.05) is 15.9 Å². The van der Waals surface area contributed by atoms with Gasteiger partial charge in [0.05, 0.1) is 4.90 Å². The highest BCUT2D eigenvalue weighted by Gasteiger charge is 2.28. The molecule has 0 radical (unpaired) electrons. The average Bonchev–Trinajstić information content (AvgIpc) is 2.57. The van der Waals surface area contributed by atoms with Crippen LogP contribution in [0.4, 0.5) is 0 Å². The van der Waals surface area contributed by atoms with Crippen LogP contribution in [0.15, 0.2) is 58.2 Å². The Balaban J connectivity index is 1.63. The molecule has 2 aromatic rings. The van der Waals surface area contributed by atoms with Crippen molar-refractivity contribution in [2.24, 2.45) is 0 Å². The predicted molar refractivity (Wildman–Crippen MR) is 92.4 cm³/mol. The lowest BCUT2D eigenvalue weighted by atomic mass is 10.2. The van der Waals surface area contributed by atoms with Gasteiger partial charge in [-0.05, 0) is 42.0 Å². The van der Waals surface area contributed by atoms with Crippen LogP contribution >= 0.6 is 15.9 Å². The maximum absolute atomic E-state index is 12.6. The summed E-state index contributed by atoms with van der Waals surface area (Å²) in [6.45, 7) is 3.33. The molecule has 1 aromatic heterocycles. The van der Waals surface area contributed by atoms with Crippen molar-refractivity contribution >= 4 is 26.0 Å². The number of sulfonamides is 1. The van der Waals surface area contributed by atoms with Gasteiger partial charge in [-0.3, -0.25) is 9.88 Å². The van der Waals surface area contributed by atoms with Crippen LogP contribution in [-0.4, -0.2) is 48.8 Å². The second-order valence-corrected chi connectivity index (χ2v) is 8.34. The zero-order valence-electron chi connectivity index (χ0n) is 12.6. The summed E-state index contributed by atoms with van der Waals surface area (Å²) >= 11 is 3.33. The Morgan fingerprint density at radius 3 is 2.17 bits per heavy atom. The average molecular weight is 396 g/mol. The van der Waals surface area contributed by atoms with Gasteiger partial charge in [-0.15, -0.1) is 0 Å². The molecule has 2 heterocycles. The highest BCUT2D eigenvalue weighted by Crippen LogP contribution is 2.20. The Morgan fingerprint density at radius 2 is 1.57 bits per heavy atom. The van der Waals surface area contributed by atoms with Crippen LogP contribution in [0.5, 0.6) is 0 Å². The summed E-state index contributed by atoms with van der Waals surface area (Å²) in [6.07, 6.45) is 3.56. The first-order valence-electron chi connectivity index (χ1n) is 7.43. The van der Waals surface area contributed by atoms with Gasteiger partial charge >= 0.3 is 0 Å². The van der Waals surface area contributed by atoms with Crippen LogP contribution < -0.4 is 0 Å². The largest absolute Gasteiger partial charge is 0.296 e. The van der Waals surface area contributed by atoms with Gasteiger partial charge in [0.1, 0.15) is 0 Å². The highest BCUT2D eigenvalue weighted by molar-refractivity contribution is 9.10. The lowest BCUT2D eigenvalue weighted by Crippen LogP contribution is -2.48. The Morgan fingerprint density at radius 1 is 0.957 bits per heavy atom. The summed E-state index contributed by atoms with van der Waals surface area (Å²) < 4.78 is 27.7. The van der Waals surface area contributed by atoms with Crippen LogP contribution in [0.2, 0.25) is 0 Å². The number of benzene rings is 1. The normalized spacial score (nSPS) is 17.3. The van der Waals surface area contributed by atoms with Crippen molar-refractivity contribution in [3.8, 4) is 0 Å². The number of hydrogen-bond donors (Lipinski definition) is 0. The van der Waals surface area contributed by atoms with E-state index < -0.39 is 10.0 Å². The summed E-state index contributed by atoms with van der Waals surface area (Å²) in [7, 11) is -3.40. The first-order valence-corrected chi connectivity index (χ1v) is 9.66. The number of rotatable bonds is 4. The van der Waals surface area contributed by atoms with E-state index in [4.69, 9.17) is 0 Å². The second-order valence-electron chi connectivity index (χ2n) is 5.49. The fourth-order valence-corrected chi connectivity index (χ4v) is 4.32. The monoisotopic (exact) mass is 395 g/mol. The van der Waals surface area contributed by atoms with E-state index in [1.165, 1.54) is 5.56 Å². The van der Waals surface area contributed by atoms with E-state index in [1.54, 1.807) is 41.0 Å². The molecule has 122 valence electrons. The first-order chi connectivity index (χ1) is 11.1. The highest BCUT2D eigenvalue weighted by atomic mass is 79.9. The molecule has 0 amide bonds. The fourth-order valence-electron chi connectivity index (χ4n) is 2.63. The fraction of sp³-hybridized carbons (Fsp3) is 0.312. The Hall–Kier alpha value is -1.28. The number of piperazine rings is 1. The molecule has 0 bridgehead atoms. The molecule has 3 rings (SSSR count).